The van der Waals surface area contributed by atoms with E-state index >= 15 is 0 Å². The van der Waals surface area contributed by atoms with E-state index in [-0.39, 0.29) is 23.0 Å². The number of hydrogen-bond donors (Lipinski definition) is 3. The van der Waals surface area contributed by atoms with Gasteiger partial charge in [0.05, 0.1) is 6.04 Å². The lowest BCUT2D eigenvalue weighted by atomic mass is 9.85. The fourth-order valence-corrected chi connectivity index (χ4v) is 1.91. The van der Waals surface area contributed by atoms with Gasteiger partial charge in [-0.15, -0.1) is 0 Å². The van der Waals surface area contributed by atoms with Crippen LogP contribution in [0.4, 0.5) is 0 Å². The number of nitrogens with one attached hydrogen (secondary N) is 1. The minimum atomic E-state index is -0.683. The molecule has 0 saturated carbocycles. The maximum Gasteiger partial charge on any atom is 0.243 e. The molecule has 17 heavy (non-hydrogen) atoms. The van der Waals surface area contributed by atoms with Crippen molar-refractivity contribution in [2.75, 3.05) is 19.8 Å². The summed E-state index contributed by atoms with van der Waals surface area (Å²) in [5, 5.41) is 2.57. The van der Waals surface area contributed by atoms with Crippen molar-refractivity contribution in [2.24, 2.45) is 11.1 Å². The molecule has 0 aliphatic carbocycles. The lowest BCUT2D eigenvalue weighted by Gasteiger charge is -2.37. The molecular formula is C11H23N3O2S. The summed E-state index contributed by atoms with van der Waals surface area (Å²) in [4.78, 5) is 25.2. The fourth-order valence-electron chi connectivity index (χ4n) is 1.75. The summed E-state index contributed by atoms with van der Waals surface area (Å²) in [6.07, 6.45) is 0. The Balaban J connectivity index is 5.08. The summed E-state index contributed by atoms with van der Waals surface area (Å²) in [5.41, 5.74) is 5.28. The van der Waals surface area contributed by atoms with Crippen molar-refractivity contribution in [3.8, 4) is 0 Å². The molecule has 0 rings (SSSR count). The van der Waals surface area contributed by atoms with Gasteiger partial charge in [0, 0.05) is 19.8 Å². The molecule has 100 valence electrons. The third-order valence-electron chi connectivity index (χ3n) is 2.56. The van der Waals surface area contributed by atoms with Crippen molar-refractivity contribution >= 4 is 24.4 Å². The van der Waals surface area contributed by atoms with Crippen LogP contribution in [0, 0.1) is 5.41 Å². The number of likely N-dealkylation sites (N-methyl/N-ethyl adjacent to an activating group) is 2. The van der Waals surface area contributed by atoms with Crippen LogP contribution in [0.5, 0.6) is 0 Å². The predicted molar refractivity (Wildman–Crippen MR) is 71.9 cm³/mol. The summed E-state index contributed by atoms with van der Waals surface area (Å²) >= 11 is 3.99. The number of rotatable bonds is 4. The van der Waals surface area contributed by atoms with Crippen LogP contribution in [0.15, 0.2) is 0 Å². The highest BCUT2D eigenvalue weighted by atomic mass is 32.1. The molecule has 0 spiro atoms. The van der Waals surface area contributed by atoms with E-state index in [0.717, 1.165) is 0 Å². The van der Waals surface area contributed by atoms with Gasteiger partial charge < -0.3 is 16.0 Å². The van der Waals surface area contributed by atoms with Gasteiger partial charge in [-0.05, 0) is 5.41 Å². The normalized spacial score (nSPS) is 15.0. The minimum Gasteiger partial charge on any atom is -0.357 e. The summed E-state index contributed by atoms with van der Waals surface area (Å²) < 4.78 is 0. The van der Waals surface area contributed by atoms with Gasteiger partial charge in [0.15, 0.2) is 0 Å². The number of thiol groups is 1. The Kier molecular flexibility index (Phi) is 5.98. The maximum atomic E-state index is 12.0. The smallest absolute Gasteiger partial charge is 0.243 e. The third kappa shape index (κ3) is 4.20. The van der Waals surface area contributed by atoms with Crippen molar-refractivity contribution in [1.82, 2.24) is 10.2 Å². The van der Waals surface area contributed by atoms with Gasteiger partial charge in [-0.2, -0.15) is 12.6 Å². The average Bonchev–Trinajstić information content (AvgIpc) is 2.24. The van der Waals surface area contributed by atoms with E-state index in [2.05, 4.69) is 17.9 Å². The van der Waals surface area contributed by atoms with Crippen molar-refractivity contribution in [2.45, 2.75) is 32.9 Å². The second-order valence-corrected chi connectivity index (χ2v) is 5.49. The molecule has 0 heterocycles. The fraction of sp³-hybridized carbons (Fsp3) is 0.818. The second kappa shape index (κ2) is 6.26. The SMILES string of the molecule is CNC(=O)[C@@H](N(C)C(=O)[C@H](N)CS)C(C)(C)C. The number of hydrogen-bond acceptors (Lipinski definition) is 4. The van der Waals surface area contributed by atoms with Crippen molar-refractivity contribution < 1.29 is 9.59 Å². The molecule has 0 aromatic carbocycles. The maximum absolute atomic E-state index is 12.0. The molecular weight excluding hydrogens is 238 g/mol. The van der Waals surface area contributed by atoms with Crippen LogP contribution in [-0.4, -0.2) is 48.6 Å². The largest absolute Gasteiger partial charge is 0.357 e. The average molecular weight is 261 g/mol. The van der Waals surface area contributed by atoms with E-state index in [0.29, 0.717) is 0 Å². The van der Waals surface area contributed by atoms with Crippen LogP contribution < -0.4 is 11.1 Å². The Morgan fingerprint density at radius 3 is 2.18 bits per heavy atom. The van der Waals surface area contributed by atoms with Crippen LogP contribution in [0.1, 0.15) is 20.8 Å². The summed E-state index contributed by atoms with van der Waals surface area (Å²) in [6, 6.07) is -1.23. The van der Waals surface area contributed by atoms with Crippen LogP contribution >= 0.6 is 12.6 Å². The van der Waals surface area contributed by atoms with E-state index < -0.39 is 12.1 Å². The molecule has 2 atom stereocenters. The van der Waals surface area contributed by atoms with Crippen LogP contribution in [0.2, 0.25) is 0 Å². The zero-order valence-electron chi connectivity index (χ0n) is 11.2. The molecule has 0 saturated heterocycles. The predicted octanol–water partition coefficient (Wildman–Crippen LogP) is -0.137. The van der Waals surface area contributed by atoms with Crippen molar-refractivity contribution in [1.29, 1.82) is 0 Å². The number of carbonyl (C=O) groups excluding carboxylic acids is 2. The highest BCUT2D eigenvalue weighted by molar-refractivity contribution is 7.80. The zero-order valence-corrected chi connectivity index (χ0v) is 12.0. The molecule has 6 heteroatoms. The molecule has 3 N–H and O–H groups in total. The first-order valence-corrected chi connectivity index (χ1v) is 6.14. The van der Waals surface area contributed by atoms with Gasteiger partial charge >= 0.3 is 0 Å². The molecule has 0 radical (unpaired) electrons. The lowest BCUT2D eigenvalue weighted by molar-refractivity contribution is -0.143. The van der Waals surface area contributed by atoms with E-state index in [9.17, 15) is 9.59 Å². The first-order valence-electron chi connectivity index (χ1n) is 5.51. The van der Waals surface area contributed by atoms with E-state index in [4.69, 9.17) is 5.73 Å². The molecule has 0 fully saturated rings. The van der Waals surface area contributed by atoms with Gasteiger partial charge in [-0.25, -0.2) is 0 Å². The molecule has 2 amide bonds. The minimum absolute atomic E-state index is 0.195. The topological polar surface area (TPSA) is 75.4 Å². The lowest BCUT2D eigenvalue weighted by Crippen LogP contribution is -2.57. The Labute approximate surface area is 109 Å². The van der Waals surface area contributed by atoms with Gasteiger partial charge in [0.2, 0.25) is 11.8 Å². The number of amides is 2. The van der Waals surface area contributed by atoms with Crippen molar-refractivity contribution in [3.63, 3.8) is 0 Å². The van der Waals surface area contributed by atoms with E-state index in [1.54, 1.807) is 14.1 Å². The molecule has 5 nitrogen and oxygen atoms in total. The number of carbonyl (C=O) groups is 2. The van der Waals surface area contributed by atoms with Gasteiger partial charge in [0.1, 0.15) is 6.04 Å². The molecule has 0 aromatic rings. The summed E-state index contributed by atoms with van der Waals surface area (Å²) in [6.45, 7) is 5.72. The molecule has 0 aliphatic rings. The number of nitrogens with zero attached hydrogens (tertiary/aromatic N) is 1. The highest BCUT2D eigenvalue weighted by Gasteiger charge is 2.37. The molecule has 0 aliphatic heterocycles. The van der Waals surface area contributed by atoms with Crippen molar-refractivity contribution in [3.05, 3.63) is 0 Å². The van der Waals surface area contributed by atoms with Gasteiger partial charge in [-0.1, -0.05) is 20.8 Å². The second-order valence-electron chi connectivity index (χ2n) is 5.12. The van der Waals surface area contributed by atoms with Crippen LogP contribution in [0.25, 0.3) is 0 Å². The quantitative estimate of drug-likeness (QED) is 0.617. The van der Waals surface area contributed by atoms with Crippen LogP contribution in [-0.2, 0) is 9.59 Å². The van der Waals surface area contributed by atoms with Gasteiger partial charge in [-0.3, -0.25) is 9.59 Å². The number of nitrogens with two attached hydrogens (primary N) is 1. The van der Waals surface area contributed by atoms with Crippen LogP contribution in [0.3, 0.4) is 0 Å². The summed E-state index contributed by atoms with van der Waals surface area (Å²) in [5.74, 6) is -0.212. The summed E-state index contributed by atoms with van der Waals surface area (Å²) in [7, 11) is 3.15. The highest BCUT2D eigenvalue weighted by Crippen LogP contribution is 2.24. The Bertz CT molecular complexity index is 289. The Hall–Kier alpha value is -0.750. The first kappa shape index (κ1) is 16.2. The van der Waals surface area contributed by atoms with Gasteiger partial charge in [0.25, 0.3) is 0 Å². The Morgan fingerprint density at radius 2 is 1.88 bits per heavy atom. The Morgan fingerprint density at radius 1 is 1.41 bits per heavy atom. The first-order chi connectivity index (χ1) is 7.66. The third-order valence-corrected chi connectivity index (χ3v) is 2.96. The molecule has 0 aromatic heterocycles. The molecule has 0 unspecified atom stereocenters. The molecule has 0 bridgehead atoms. The standard InChI is InChI=1S/C11H23N3O2S/c1-11(2,3)8(9(15)13-4)14(5)10(16)7(12)6-17/h7-8,17H,6,12H2,1-5H3,(H,13,15)/t7-,8-/m1/s1. The monoisotopic (exact) mass is 261 g/mol. The van der Waals surface area contributed by atoms with E-state index in [1.165, 1.54) is 4.90 Å². The zero-order chi connectivity index (χ0) is 13.8. The van der Waals surface area contributed by atoms with E-state index in [1.807, 2.05) is 20.8 Å².